The second-order valence-corrected chi connectivity index (χ2v) is 7.33. The van der Waals surface area contributed by atoms with Gasteiger partial charge in [-0.05, 0) is 37.3 Å². The van der Waals surface area contributed by atoms with Gasteiger partial charge in [0.1, 0.15) is 0 Å². The summed E-state index contributed by atoms with van der Waals surface area (Å²) >= 11 is 0. The van der Waals surface area contributed by atoms with E-state index in [1.165, 1.54) is 19.1 Å². The molecule has 128 valence electrons. The molecule has 0 unspecified atom stereocenters. The first-order valence-corrected chi connectivity index (χ1v) is 9.10. The van der Waals surface area contributed by atoms with Crippen molar-refractivity contribution < 1.29 is 13.2 Å². The van der Waals surface area contributed by atoms with Crippen molar-refractivity contribution in [2.24, 2.45) is 0 Å². The van der Waals surface area contributed by atoms with Gasteiger partial charge in [-0.15, -0.1) is 0 Å². The Labute approximate surface area is 146 Å². The first-order valence-electron chi connectivity index (χ1n) is 7.62. The SMILES string of the molecule is CC(=O)Nc1cccc(S(=O)(=O)Nc2cccc3ccc(C)nc23)c1. The standard InChI is InChI=1S/C18H17N3O3S/c1-12-9-10-14-5-3-8-17(18(14)19-12)21-25(23,24)16-7-4-6-15(11-16)20-13(2)22/h3-11,21H,1-2H3,(H,20,22). The number of carbonyl (C=O) groups excluding carboxylic acids is 1. The van der Waals surface area contributed by atoms with Crippen LogP contribution in [0.4, 0.5) is 11.4 Å². The highest BCUT2D eigenvalue weighted by molar-refractivity contribution is 7.92. The highest BCUT2D eigenvalue weighted by atomic mass is 32.2. The lowest BCUT2D eigenvalue weighted by Gasteiger charge is -2.11. The number of hydrogen-bond donors (Lipinski definition) is 2. The Balaban J connectivity index is 2.00. The van der Waals surface area contributed by atoms with Crippen molar-refractivity contribution in [1.29, 1.82) is 0 Å². The predicted octanol–water partition coefficient (Wildman–Crippen LogP) is 3.30. The number of nitrogens with one attached hydrogen (secondary N) is 2. The van der Waals surface area contributed by atoms with Gasteiger partial charge in [0.2, 0.25) is 5.91 Å². The zero-order chi connectivity index (χ0) is 18.0. The second kappa shape index (κ2) is 6.52. The van der Waals surface area contributed by atoms with Crippen LogP contribution in [0.5, 0.6) is 0 Å². The lowest BCUT2D eigenvalue weighted by Crippen LogP contribution is -2.14. The van der Waals surface area contributed by atoms with Gasteiger partial charge in [-0.25, -0.2) is 8.42 Å². The van der Waals surface area contributed by atoms with E-state index in [2.05, 4.69) is 15.0 Å². The molecule has 3 aromatic rings. The zero-order valence-corrected chi connectivity index (χ0v) is 14.6. The van der Waals surface area contributed by atoms with E-state index in [1.807, 2.05) is 25.1 Å². The van der Waals surface area contributed by atoms with Gasteiger partial charge in [0.15, 0.2) is 0 Å². The van der Waals surface area contributed by atoms with Gasteiger partial charge in [0, 0.05) is 23.7 Å². The number of aryl methyl sites for hydroxylation is 1. The van der Waals surface area contributed by atoms with Crippen LogP contribution in [0.3, 0.4) is 0 Å². The Hall–Kier alpha value is -2.93. The normalized spacial score (nSPS) is 11.3. The highest BCUT2D eigenvalue weighted by Crippen LogP contribution is 2.25. The number of sulfonamides is 1. The highest BCUT2D eigenvalue weighted by Gasteiger charge is 2.16. The molecule has 0 saturated heterocycles. The number of fused-ring (bicyclic) bond motifs is 1. The van der Waals surface area contributed by atoms with Crippen molar-refractivity contribution in [3.8, 4) is 0 Å². The molecule has 3 rings (SSSR count). The van der Waals surface area contributed by atoms with Crippen LogP contribution in [0.2, 0.25) is 0 Å². The Morgan fingerprint density at radius 2 is 1.80 bits per heavy atom. The largest absolute Gasteiger partial charge is 0.326 e. The van der Waals surface area contributed by atoms with Gasteiger partial charge in [-0.1, -0.05) is 24.3 Å². The summed E-state index contributed by atoms with van der Waals surface area (Å²) in [6.07, 6.45) is 0. The predicted molar refractivity (Wildman–Crippen MR) is 98.0 cm³/mol. The molecule has 7 heteroatoms. The van der Waals surface area contributed by atoms with Crippen LogP contribution in [0, 0.1) is 6.92 Å². The fourth-order valence-electron chi connectivity index (χ4n) is 2.47. The summed E-state index contributed by atoms with van der Waals surface area (Å²) < 4.78 is 28.0. The van der Waals surface area contributed by atoms with Gasteiger partial charge >= 0.3 is 0 Å². The van der Waals surface area contributed by atoms with Crippen molar-refractivity contribution in [2.45, 2.75) is 18.7 Å². The Bertz CT molecular complexity index is 1060. The minimum absolute atomic E-state index is 0.0587. The van der Waals surface area contributed by atoms with E-state index in [4.69, 9.17) is 0 Å². The van der Waals surface area contributed by atoms with Crippen LogP contribution in [0.25, 0.3) is 10.9 Å². The van der Waals surface area contributed by atoms with E-state index >= 15 is 0 Å². The first kappa shape index (κ1) is 16.9. The molecular weight excluding hydrogens is 338 g/mol. The number of aromatic nitrogens is 1. The lowest BCUT2D eigenvalue weighted by atomic mass is 10.2. The maximum Gasteiger partial charge on any atom is 0.262 e. The van der Waals surface area contributed by atoms with Crippen molar-refractivity contribution >= 4 is 38.2 Å². The molecule has 1 heterocycles. The Morgan fingerprint density at radius 3 is 2.56 bits per heavy atom. The Kier molecular flexibility index (Phi) is 4.41. The van der Waals surface area contributed by atoms with Gasteiger partial charge in [0.25, 0.3) is 10.0 Å². The minimum Gasteiger partial charge on any atom is -0.326 e. The topological polar surface area (TPSA) is 88.2 Å². The molecule has 0 aliphatic carbocycles. The summed E-state index contributed by atoms with van der Waals surface area (Å²) in [7, 11) is -3.82. The molecule has 0 aliphatic heterocycles. The van der Waals surface area contributed by atoms with Crippen molar-refractivity contribution in [3.63, 3.8) is 0 Å². The molecule has 0 fully saturated rings. The summed E-state index contributed by atoms with van der Waals surface area (Å²) in [4.78, 5) is 15.6. The molecule has 6 nitrogen and oxygen atoms in total. The number of para-hydroxylation sites is 1. The number of benzene rings is 2. The van der Waals surface area contributed by atoms with Crippen LogP contribution in [0.1, 0.15) is 12.6 Å². The van der Waals surface area contributed by atoms with Crippen LogP contribution in [-0.4, -0.2) is 19.3 Å². The van der Waals surface area contributed by atoms with Crippen molar-refractivity contribution in [1.82, 2.24) is 4.98 Å². The number of hydrogen-bond acceptors (Lipinski definition) is 4. The van der Waals surface area contributed by atoms with Gasteiger partial charge < -0.3 is 5.32 Å². The average Bonchev–Trinajstić information content (AvgIpc) is 2.55. The molecule has 0 aliphatic rings. The third kappa shape index (κ3) is 3.77. The average molecular weight is 355 g/mol. The van der Waals surface area contributed by atoms with Gasteiger partial charge in [-0.2, -0.15) is 0 Å². The van der Waals surface area contributed by atoms with E-state index in [0.29, 0.717) is 16.9 Å². The Morgan fingerprint density at radius 1 is 1.04 bits per heavy atom. The number of amides is 1. The van der Waals surface area contributed by atoms with E-state index in [1.54, 1.807) is 24.3 Å². The molecule has 0 spiro atoms. The smallest absolute Gasteiger partial charge is 0.262 e. The van der Waals surface area contributed by atoms with Gasteiger partial charge in [-0.3, -0.25) is 14.5 Å². The lowest BCUT2D eigenvalue weighted by molar-refractivity contribution is -0.114. The third-order valence-electron chi connectivity index (χ3n) is 3.57. The monoisotopic (exact) mass is 355 g/mol. The molecule has 2 aromatic carbocycles. The molecule has 0 atom stereocenters. The first-order chi connectivity index (χ1) is 11.8. The quantitative estimate of drug-likeness (QED) is 0.751. The molecule has 0 bridgehead atoms. The molecule has 0 radical (unpaired) electrons. The van der Waals surface area contributed by atoms with Crippen LogP contribution in [-0.2, 0) is 14.8 Å². The van der Waals surface area contributed by atoms with E-state index in [-0.39, 0.29) is 10.8 Å². The summed E-state index contributed by atoms with van der Waals surface area (Å²) in [6.45, 7) is 3.21. The third-order valence-corrected chi connectivity index (χ3v) is 4.93. The molecule has 1 aromatic heterocycles. The van der Waals surface area contributed by atoms with Crippen molar-refractivity contribution in [2.75, 3.05) is 10.0 Å². The summed E-state index contributed by atoms with van der Waals surface area (Å²) in [5.74, 6) is -0.267. The van der Waals surface area contributed by atoms with E-state index in [0.717, 1.165) is 11.1 Å². The number of nitrogens with zero attached hydrogens (tertiary/aromatic N) is 1. The maximum atomic E-state index is 12.7. The van der Waals surface area contributed by atoms with E-state index < -0.39 is 10.0 Å². The van der Waals surface area contributed by atoms with Crippen LogP contribution in [0.15, 0.2) is 59.5 Å². The van der Waals surface area contributed by atoms with Gasteiger partial charge in [0.05, 0.1) is 16.1 Å². The fraction of sp³-hybridized carbons (Fsp3) is 0.111. The fourth-order valence-corrected chi connectivity index (χ4v) is 3.59. The molecule has 25 heavy (non-hydrogen) atoms. The molecule has 2 N–H and O–H groups in total. The number of rotatable bonds is 4. The molecular formula is C18H17N3O3S. The second-order valence-electron chi connectivity index (χ2n) is 5.64. The zero-order valence-electron chi connectivity index (χ0n) is 13.8. The van der Waals surface area contributed by atoms with Crippen molar-refractivity contribution in [3.05, 3.63) is 60.3 Å². The summed E-state index contributed by atoms with van der Waals surface area (Å²) in [5, 5.41) is 3.42. The minimum atomic E-state index is -3.82. The van der Waals surface area contributed by atoms with Crippen LogP contribution < -0.4 is 10.0 Å². The molecule has 1 amide bonds. The summed E-state index contributed by atoms with van der Waals surface area (Å²) in [5.41, 5.74) is 2.21. The molecule has 0 saturated carbocycles. The number of carbonyl (C=O) groups is 1. The number of anilines is 2. The maximum absolute atomic E-state index is 12.7. The summed E-state index contributed by atoms with van der Waals surface area (Å²) in [6, 6.07) is 15.2. The van der Waals surface area contributed by atoms with E-state index in [9.17, 15) is 13.2 Å². The number of pyridine rings is 1. The van der Waals surface area contributed by atoms with Crippen LogP contribution >= 0.6 is 0 Å².